The normalized spacial score (nSPS) is 13.3. The van der Waals surface area contributed by atoms with E-state index in [0.717, 1.165) is 23.4 Å². The number of benzene rings is 2. The predicted octanol–water partition coefficient (Wildman–Crippen LogP) is 3.41. The van der Waals surface area contributed by atoms with Gasteiger partial charge in [0.25, 0.3) is 5.91 Å². The molecule has 0 fully saturated rings. The molecule has 5 nitrogen and oxygen atoms in total. The summed E-state index contributed by atoms with van der Waals surface area (Å²) in [6.07, 6.45) is 2.53. The van der Waals surface area contributed by atoms with Crippen LogP contribution in [0.5, 0.6) is 5.75 Å². The number of fused-ring (bicyclic) bond motifs is 1. The molecule has 0 unspecified atom stereocenters. The van der Waals surface area contributed by atoms with E-state index in [2.05, 4.69) is 5.16 Å². The van der Waals surface area contributed by atoms with Crippen molar-refractivity contribution in [2.75, 3.05) is 18.1 Å². The molecule has 0 saturated heterocycles. The molecular formula is C20H22N2O3. The number of rotatable bonds is 6. The first-order valence-electron chi connectivity index (χ1n) is 8.44. The molecule has 0 atom stereocenters. The summed E-state index contributed by atoms with van der Waals surface area (Å²) < 4.78 is 5.72. The van der Waals surface area contributed by atoms with Crippen molar-refractivity contribution in [3.63, 3.8) is 0 Å². The molecule has 2 aromatic carbocycles. The highest BCUT2D eigenvalue weighted by Crippen LogP contribution is 2.27. The zero-order valence-corrected chi connectivity index (χ0v) is 14.5. The fraction of sp³-hybridized carbons (Fsp3) is 0.300. The second-order valence-electron chi connectivity index (χ2n) is 6.14. The monoisotopic (exact) mass is 338 g/mol. The number of hydrogen-bond donors (Lipinski definition) is 0. The third-order valence-electron chi connectivity index (χ3n) is 3.92. The summed E-state index contributed by atoms with van der Waals surface area (Å²) in [5, 5.41) is 3.92. The Kier molecular flexibility index (Phi) is 5.33. The molecule has 130 valence electrons. The minimum absolute atomic E-state index is 0.0762. The first-order valence-corrected chi connectivity index (χ1v) is 8.44. The van der Waals surface area contributed by atoms with E-state index in [4.69, 9.17) is 9.57 Å². The number of carbonyl (C=O) groups excluding carboxylic acids is 1. The van der Waals surface area contributed by atoms with Gasteiger partial charge in [0.1, 0.15) is 5.75 Å². The molecule has 0 aliphatic carbocycles. The molecule has 2 aromatic rings. The van der Waals surface area contributed by atoms with Crippen LogP contribution in [0.4, 0.5) is 5.69 Å². The fourth-order valence-electron chi connectivity index (χ4n) is 2.81. The molecular weight excluding hydrogens is 316 g/mol. The minimum Gasteiger partial charge on any atom is -0.490 e. The lowest BCUT2D eigenvalue weighted by atomic mass is 10.2. The summed E-state index contributed by atoms with van der Waals surface area (Å²) in [5.41, 5.74) is 2.98. The number of para-hydroxylation sites is 2. The summed E-state index contributed by atoms with van der Waals surface area (Å²) in [7, 11) is 0. The third kappa shape index (κ3) is 4.18. The van der Waals surface area contributed by atoms with Crippen LogP contribution >= 0.6 is 0 Å². The molecule has 3 rings (SSSR count). The zero-order valence-electron chi connectivity index (χ0n) is 14.5. The molecule has 1 aliphatic rings. The molecule has 0 bridgehead atoms. The lowest BCUT2D eigenvalue weighted by Crippen LogP contribution is -2.31. The summed E-state index contributed by atoms with van der Waals surface area (Å²) in [5.74, 6) is 0.651. The molecule has 0 aromatic heterocycles. The molecule has 1 amide bonds. The van der Waals surface area contributed by atoms with Crippen LogP contribution in [0, 0.1) is 0 Å². The smallest absolute Gasteiger partial charge is 0.267 e. The maximum Gasteiger partial charge on any atom is 0.267 e. The maximum absolute atomic E-state index is 12.3. The van der Waals surface area contributed by atoms with Crippen molar-refractivity contribution >= 4 is 17.8 Å². The van der Waals surface area contributed by atoms with E-state index < -0.39 is 0 Å². The number of ether oxygens (including phenoxy) is 1. The van der Waals surface area contributed by atoms with Gasteiger partial charge in [0.05, 0.1) is 12.3 Å². The van der Waals surface area contributed by atoms with Gasteiger partial charge in [0.2, 0.25) is 0 Å². The van der Waals surface area contributed by atoms with Gasteiger partial charge in [0.15, 0.2) is 6.61 Å². The maximum atomic E-state index is 12.3. The Balaban J connectivity index is 1.57. The average Bonchev–Trinajstić information content (AvgIpc) is 3.03. The van der Waals surface area contributed by atoms with Crippen LogP contribution in [0.2, 0.25) is 0 Å². The summed E-state index contributed by atoms with van der Waals surface area (Å²) >= 11 is 0. The van der Waals surface area contributed by atoms with Gasteiger partial charge in [-0.25, -0.2) is 0 Å². The molecule has 1 aliphatic heterocycles. The summed E-state index contributed by atoms with van der Waals surface area (Å²) in [4.78, 5) is 19.3. The Hall–Kier alpha value is -2.82. The number of oxime groups is 1. The SMILES string of the molecule is CC(C)Oc1ccccc1/C=N/OCC(=O)N1CCc2ccccc21. The van der Waals surface area contributed by atoms with Crippen molar-refractivity contribution in [2.24, 2.45) is 5.16 Å². The third-order valence-corrected chi connectivity index (χ3v) is 3.92. The second-order valence-corrected chi connectivity index (χ2v) is 6.14. The number of carbonyl (C=O) groups is 1. The topological polar surface area (TPSA) is 51.1 Å². The highest BCUT2D eigenvalue weighted by atomic mass is 16.6. The summed E-state index contributed by atoms with van der Waals surface area (Å²) in [6, 6.07) is 15.5. The predicted molar refractivity (Wildman–Crippen MR) is 98.3 cm³/mol. The first kappa shape index (κ1) is 17.0. The molecule has 1 heterocycles. The lowest BCUT2D eigenvalue weighted by Gasteiger charge is -2.16. The number of amides is 1. The van der Waals surface area contributed by atoms with Gasteiger partial charge >= 0.3 is 0 Å². The Labute approximate surface area is 147 Å². The van der Waals surface area contributed by atoms with E-state index in [1.807, 2.05) is 62.4 Å². The van der Waals surface area contributed by atoms with Gasteiger partial charge < -0.3 is 14.5 Å². The number of nitrogens with zero attached hydrogens (tertiary/aromatic N) is 2. The fourth-order valence-corrected chi connectivity index (χ4v) is 2.81. The van der Waals surface area contributed by atoms with Crippen LogP contribution in [0.15, 0.2) is 53.7 Å². The zero-order chi connectivity index (χ0) is 17.6. The van der Waals surface area contributed by atoms with Gasteiger partial charge in [-0.2, -0.15) is 0 Å². The first-order chi connectivity index (χ1) is 12.1. The standard InChI is InChI=1S/C20H22N2O3/c1-15(2)25-19-10-6-4-8-17(19)13-21-24-14-20(23)22-12-11-16-7-3-5-9-18(16)22/h3-10,13,15H,11-12,14H2,1-2H3/b21-13+. The molecule has 0 saturated carbocycles. The molecule has 0 spiro atoms. The van der Waals surface area contributed by atoms with Crippen LogP contribution in [-0.4, -0.2) is 31.4 Å². The highest BCUT2D eigenvalue weighted by Gasteiger charge is 2.24. The van der Waals surface area contributed by atoms with Crippen LogP contribution in [0.25, 0.3) is 0 Å². The van der Waals surface area contributed by atoms with E-state index in [0.29, 0.717) is 6.54 Å². The Morgan fingerprint density at radius 3 is 2.80 bits per heavy atom. The van der Waals surface area contributed by atoms with Gasteiger partial charge in [-0.15, -0.1) is 0 Å². The van der Waals surface area contributed by atoms with Crippen LogP contribution in [0.1, 0.15) is 25.0 Å². The average molecular weight is 338 g/mol. The van der Waals surface area contributed by atoms with Crippen molar-refractivity contribution in [1.29, 1.82) is 0 Å². The van der Waals surface area contributed by atoms with E-state index in [-0.39, 0.29) is 18.6 Å². The van der Waals surface area contributed by atoms with E-state index >= 15 is 0 Å². The molecule has 25 heavy (non-hydrogen) atoms. The van der Waals surface area contributed by atoms with Crippen molar-refractivity contribution in [2.45, 2.75) is 26.4 Å². The van der Waals surface area contributed by atoms with Gasteiger partial charge in [0, 0.05) is 17.8 Å². The second kappa shape index (κ2) is 7.83. The van der Waals surface area contributed by atoms with Crippen molar-refractivity contribution in [3.8, 4) is 5.75 Å². The highest BCUT2D eigenvalue weighted by molar-refractivity contribution is 5.96. The van der Waals surface area contributed by atoms with Gasteiger partial charge in [-0.05, 0) is 44.0 Å². The lowest BCUT2D eigenvalue weighted by molar-refractivity contribution is -0.122. The molecule has 0 radical (unpaired) electrons. The van der Waals surface area contributed by atoms with Crippen molar-refractivity contribution in [1.82, 2.24) is 0 Å². The Morgan fingerprint density at radius 1 is 1.20 bits per heavy atom. The van der Waals surface area contributed by atoms with Crippen LogP contribution in [0.3, 0.4) is 0 Å². The molecule has 0 N–H and O–H groups in total. The van der Waals surface area contributed by atoms with Gasteiger partial charge in [-0.3, -0.25) is 4.79 Å². The van der Waals surface area contributed by atoms with Crippen LogP contribution in [-0.2, 0) is 16.1 Å². The van der Waals surface area contributed by atoms with E-state index in [9.17, 15) is 4.79 Å². The van der Waals surface area contributed by atoms with E-state index in [1.54, 1.807) is 11.1 Å². The molecule has 5 heteroatoms. The Morgan fingerprint density at radius 2 is 1.96 bits per heavy atom. The summed E-state index contributed by atoms with van der Waals surface area (Å²) in [6.45, 7) is 4.54. The largest absolute Gasteiger partial charge is 0.490 e. The van der Waals surface area contributed by atoms with Crippen molar-refractivity contribution < 1.29 is 14.4 Å². The quantitative estimate of drug-likeness (QED) is 0.599. The number of anilines is 1. The van der Waals surface area contributed by atoms with Gasteiger partial charge in [-0.1, -0.05) is 35.5 Å². The van der Waals surface area contributed by atoms with Crippen molar-refractivity contribution in [3.05, 3.63) is 59.7 Å². The van der Waals surface area contributed by atoms with E-state index in [1.165, 1.54) is 5.56 Å². The Bertz CT molecular complexity index is 771. The van der Waals surface area contributed by atoms with Crippen LogP contribution < -0.4 is 9.64 Å². The number of hydrogen-bond acceptors (Lipinski definition) is 4. The minimum atomic E-state index is -0.0891.